The molecule has 0 atom stereocenters. The Balaban J connectivity index is 2.43. The lowest BCUT2D eigenvalue weighted by Gasteiger charge is -2.11. The number of hydrogen-bond donors (Lipinski definition) is 1. The molecule has 1 heterocycles. The second kappa shape index (κ2) is 4.08. The molecule has 0 aliphatic heterocycles. The number of halogens is 1. The Labute approximate surface area is 116 Å². The van der Waals surface area contributed by atoms with E-state index in [1.54, 1.807) is 6.07 Å². The topological polar surface area (TPSA) is 59.3 Å². The summed E-state index contributed by atoms with van der Waals surface area (Å²) < 4.78 is 2.86. The van der Waals surface area contributed by atoms with Crippen LogP contribution in [0.25, 0.3) is 10.9 Å². The Morgan fingerprint density at radius 2 is 2.11 bits per heavy atom. The van der Waals surface area contributed by atoms with E-state index in [1.807, 2.05) is 16.7 Å². The summed E-state index contributed by atoms with van der Waals surface area (Å²) >= 11 is 2.12. The smallest absolute Gasteiger partial charge is 0.341 e. The molecule has 1 aromatic carbocycles. The van der Waals surface area contributed by atoms with E-state index in [-0.39, 0.29) is 5.56 Å². The van der Waals surface area contributed by atoms with E-state index >= 15 is 0 Å². The van der Waals surface area contributed by atoms with Crippen LogP contribution in [0.5, 0.6) is 0 Å². The van der Waals surface area contributed by atoms with Gasteiger partial charge >= 0.3 is 5.97 Å². The Morgan fingerprint density at radius 1 is 1.39 bits per heavy atom. The van der Waals surface area contributed by atoms with Crippen LogP contribution in [-0.4, -0.2) is 15.6 Å². The van der Waals surface area contributed by atoms with Gasteiger partial charge in [-0.15, -0.1) is 0 Å². The van der Waals surface area contributed by atoms with Gasteiger partial charge in [0.2, 0.25) is 5.43 Å². The minimum atomic E-state index is -1.16. The zero-order chi connectivity index (χ0) is 12.9. The number of carboxylic acid groups (broad SMARTS) is 1. The van der Waals surface area contributed by atoms with Gasteiger partial charge in [-0.1, -0.05) is 0 Å². The molecule has 3 rings (SSSR count). The first-order valence-electron chi connectivity index (χ1n) is 5.65. The van der Waals surface area contributed by atoms with Gasteiger partial charge in [0.25, 0.3) is 0 Å². The molecule has 1 aliphatic rings. The maximum Gasteiger partial charge on any atom is 0.341 e. The molecule has 1 aliphatic carbocycles. The van der Waals surface area contributed by atoms with Gasteiger partial charge in [0.1, 0.15) is 5.56 Å². The molecule has 1 fully saturated rings. The van der Waals surface area contributed by atoms with E-state index in [1.165, 1.54) is 6.20 Å². The van der Waals surface area contributed by atoms with Crippen molar-refractivity contribution in [3.05, 3.63) is 43.8 Å². The SMILES string of the molecule is O=C(O)c1cn(C2CC2)c2ccc(I)cc2c1=O. The van der Waals surface area contributed by atoms with E-state index in [0.29, 0.717) is 11.4 Å². The largest absolute Gasteiger partial charge is 0.477 e. The second-order valence-electron chi connectivity index (χ2n) is 4.48. The molecule has 0 amide bonds. The standard InChI is InChI=1S/C13H10INO3/c14-7-1-4-11-9(5-7)12(16)10(13(17)18)6-15(11)8-2-3-8/h1,4-6,8H,2-3H2,(H,17,18). The van der Waals surface area contributed by atoms with Crippen molar-refractivity contribution in [3.8, 4) is 0 Å². The fourth-order valence-electron chi connectivity index (χ4n) is 2.13. The first-order chi connectivity index (χ1) is 8.58. The van der Waals surface area contributed by atoms with Gasteiger partial charge in [0.05, 0.1) is 5.52 Å². The van der Waals surface area contributed by atoms with Gasteiger partial charge in [-0.05, 0) is 53.6 Å². The van der Waals surface area contributed by atoms with Crippen molar-refractivity contribution in [1.82, 2.24) is 4.57 Å². The second-order valence-corrected chi connectivity index (χ2v) is 5.72. The summed E-state index contributed by atoms with van der Waals surface area (Å²) in [6.07, 6.45) is 3.57. The van der Waals surface area contributed by atoms with Gasteiger partial charge in [-0.3, -0.25) is 4.79 Å². The van der Waals surface area contributed by atoms with Crippen LogP contribution in [0, 0.1) is 3.57 Å². The van der Waals surface area contributed by atoms with Crippen molar-refractivity contribution < 1.29 is 9.90 Å². The molecule has 18 heavy (non-hydrogen) atoms. The third kappa shape index (κ3) is 1.82. The van der Waals surface area contributed by atoms with Crippen molar-refractivity contribution in [3.63, 3.8) is 0 Å². The average molecular weight is 355 g/mol. The molecular formula is C13H10INO3. The molecule has 1 saturated carbocycles. The number of rotatable bonds is 2. The molecule has 5 heteroatoms. The summed E-state index contributed by atoms with van der Waals surface area (Å²) in [5.74, 6) is -1.16. The highest BCUT2D eigenvalue weighted by atomic mass is 127. The Hall–Kier alpha value is -1.37. The van der Waals surface area contributed by atoms with Gasteiger partial charge in [0, 0.05) is 21.2 Å². The first-order valence-corrected chi connectivity index (χ1v) is 6.73. The molecule has 0 bridgehead atoms. The highest BCUT2D eigenvalue weighted by Crippen LogP contribution is 2.37. The van der Waals surface area contributed by atoms with Crippen LogP contribution < -0.4 is 5.43 Å². The zero-order valence-corrected chi connectivity index (χ0v) is 11.5. The summed E-state index contributed by atoms with van der Waals surface area (Å²) in [4.78, 5) is 23.3. The van der Waals surface area contributed by atoms with Gasteiger partial charge in [-0.2, -0.15) is 0 Å². The van der Waals surface area contributed by atoms with Crippen molar-refractivity contribution in [2.24, 2.45) is 0 Å². The molecule has 1 aromatic heterocycles. The molecule has 4 nitrogen and oxygen atoms in total. The van der Waals surface area contributed by atoms with Crippen molar-refractivity contribution in [2.45, 2.75) is 18.9 Å². The van der Waals surface area contributed by atoms with Crippen molar-refractivity contribution in [1.29, 1.82) is 0 Å². The van der Waals surface area contributed by atoms with Crippen LogP contribution in [-0.2, 0) is 0 Å². The zero-order valence-electron chi connectivity index (χ0n) is 9.39. The third-order valence-corrected chi connectivity index (χ3v) is 3.84. The van der Waals surface area contributed by atoms with E-state index < -0.39 is 11.4 Å². The monoisotopic (exact) mass is 355 g/mol. The number of benzene rings is 1. The van der Waals surface area contributed by atoms with Crippen LogP contribution in [0.2, 0.25) is 0 Å². The van der Waals surface area contributed by atoms with E-state index in [2.05, 4.69) is 22.6 Å². The van der Waals surface area contributed by atoms with Crippen LogP contribution in [0.3, 0.4) is 0 Å². The molecular weight excluding hydrogens is 345 g/mol. The van der Waals surface area contributed by atoms with Gasteiger partial charge < -0.3 is 9.67 Å². The van der Waals surface area contributed by atoms with E-state index in [4.69, 9.17) is 5.11 Å². The molecule has 2 aromatic rings. The number of aromatic carboxylic acids is 1. The number of pyridine rings is 1. The van der Waals surface area contributed by atoms with Crippen LogP contribution in [0.15, 0.2) is 29.2 Å². The predicted octanol–water partition coefficient (Wildman–Crippen LogP) is 2.64. The molecule has 0 saturated heterocycles. The highest BCUT2D eigenvalue weighted by molar-refractivity contribution is 14.1. The number of hydrogen-bond acceptors (Lipinski definition) is 2. The fraction of sp³-hybridized carbons (Fsp3) is 0.231. The average Bonchev–Trinajstić information content (AvgIpc) is 3.14. The number of carboxylic acids is 1. The number of nitrogens with zero attached hydrogens (tertiary/aromatic N) is 1. The lowest BCUT2D eigenvalue weighted by atomic mass is 10.1. The number of aromatic nitrogens is 1. The Morgan fingerprint density at radius 3 is 2.72 bits per heavy atom. The summed E-state index contributed by atoms with van der Waals surface area (Å²) in [6.45, 7) is 0. The summed E-state index contributed by atoms with van der Waals surface area (Å²) in [6, 6.07) is 5.92. The number of fused-ring (bicyclic) bond motifs is 1. The molecule has 0 spiro atoms. The highest BCUT2D eigenvalue weighted by Gasteiger charge is 2.26. The van der Waals surface area contributed by atoms with Gasteiger partial charge in [0.15, 0.2) is 0 Å². The molecule has 0 unspecified atom stereocenters. The van der Waals surface area contributed by atoms with Crippen LogP contribution in [0.4, 0.5) is 0 Å². The van der Waals surface area contributed by atoms with Crippen molar-refractivity contribution in [2.75, 3.05) is 0 Å². The van der Waals surface area contributed by atoms with E-state index in [0.717, 1.165) is 21.9 Å². The minimum absolute atomic E-state index is 0.142. The lowest BCUT2D eigenvalue weighted by Crippen LogP contribution is -2.18. The van der Waals surface area contributed by atoms with Crippen LogP contribution >= 0.6 is 22.6 Å². The lowest BCUT2D eigenvalue weighted by molar-refractivity contribution is 0.0695. The minimum Gasteiger partial charge on any atom is -0.477 e. The Bertz CT molecular complexity index is 716. The number of carbonyl (C=O) groups is 1. The summed E-state index contributed by atoms with van der Waals surface area (Å²) in [5.41, 5.74) is 0.289. The van der Waals surface area contributed by atoms with Crippen LogP contribution in [0.1, 0.15) is 29.2 Å². The maximum atomic E-state index is 12.1. The third-order valence-electron chi connectivity index (χ3n) is 3.16. The molecule has 1 N–H and O–H groups in total. The van der Waals surface area contributed by atoms with Gasteiger partial charge in [-0.25, -0.2) is 4.79 Å². The summed E-state index contributed by atoms with van der Waals surface area (Å²) in [5, 5.41) is 9.60. The summed E-state index contributed by atoms with van der Waals surface area (Å²) in [7, 11) is 0. The normalized spacial score (nSPS) is 14.9. The predicted molar refractivity (Wildman–Crippen MR) is 76.2 cm³/mol. The van der Waals surface area contributed by atoms with E-state index in [9.17, 15) is 9.59 Å². The maximum absolute atomic E-state index is 12.1. The Kier molecular flexibility index (Phi) is 2.65. The molecule has 92 valence electrons. The fourth-order valence-corrected chi connectivity index (χ4v) is 2.63. The first kappa shape index (κ1) is 11.7. The van der Waals surface area contributed by atoms with Crippen molar-refractivity contribution >= 4 is 39.5 Å². The molecule has 0 radical (unpaired) electrons. The quantitative estimate of drug-likeness (QED) is 0.843.